The van der Waals surface area contributed by atoms with Gasteiger partial charge in [0, 0.05) is 6.54 Å². The van der Waals surface area contributed by atoms with Crippen LogP contribution in [0.5, 0.6) is 11.5 Å². The lowest BCUT2D eigenvalue weighted by Crippen LogP contribution is -2.28. The molecule has 135 valence electrons. The molecule has 1 atom stereocenters. The molecule has 0 N–H and O–H groups in total. The zero-order chi connectivity index (χ0) is 18.2. The van der Waals surface area contributed by atoms with E-state index >= 15 is 0 Å². The van der Waals surface area contributed by atoms with Crippen LogP contribution in [0.15, 0.2) is 24.4 Å². The molecule has 3 rings (SSSR count). The van der Waals surface area contributed by atoms with Gasteiger partial charge in [-0.05, 0) is 43.1 Å². The third-order valence-corrected chi connectivity index (χ3v) is 4.98. The van der Waals surface area contributed by atoms with Crippen molar-refractivity contribution >= 4 is 9.04 Å². The van der Waals surface area contributed by atoms with Crippen molar-refractivity contribution in [1.29, 1.82) is 0 Å². The fourth-order valence-electron chi connectivity index (χ4n) is 3.04. The first-order chi connectivity index (χ1) is 11.8. The number of aromatic nitrogens is 2. The van der Waals surface area contributed by atoms with Crippen molar-refractivity contribution in [2.24, 2.45) is 5.41 Å². The predicted octanol–water partition coefficient (Wildman–Crippen LogP) is 4.32. The third kappa shape index (κ3) is 3.90. The first-order valence-electron chi connectivity index (χ1n) is 8.63. The maximum Gasteiger partial charge on any atom is 0.231 e. The van der Waals surface area contributed by atoms with Crippen LogP contribution in [-0.2, 0) is 11.0 Å². The summed E-state index contributed by atoms with van der Waals surface area (Å²) >= 11 is 0. The van der Waals surface area contributed by atoms with Crippen molar-refractivity contribution in [1.82, 2.24) is 9.55 Å². The summed E-state index contributed by atoms with van der Waals surface area (Å²) in [5.41, 5.74) is 2.30. The van der Waals surface area contributed by atoms with Gasteiger partial charge in [0.15, 0.2) is 11.5 Å². The molecule has 0 aliphatic carbocycles. The minimum Gasteiger partial charge on any atom is -0.454 e. The molecule has 0 saturated heterocycles. The highest BCUT2D eigenvalue weighted by molar-refractivity contribution is 6.48. The summed E-state index contributed by atoms with van der Waals surface area (Å²) in [6, 6.07) is 6.10. The molecule has 1 aliphatic heterocycles. The Hall–Kier alpha value is -1.79. The summed E-state index contributed by atoms with van der Waals surface area (Å²) in [6.07, 6.45) is 1.98. The van der Waals surface area contributed by atoms with Crippen molar-refractivity contribution in [2.45, 2.75) is 53.4 Å². The van der Waals surface area contributed by atoms with Crippen molar-refractivity contribution in [3.05, 3.63) is 41.5 Å². The van der Waals surface area contributed by atoms with Gasteiger partial charge >= 0.3 is 0 Å². The van der Waals surface area contributed by atoms with Crippen molar-refractivity contribution < 1.29 is 13.9 Å². The van der Waals surface area contributed by atoms with E-state index in [0.717, 1.165) is 35.1 Å². The van der Waals surface area contributed by atoms with Gasteiger partial charge < -0.3 is 18.5 Å². The van der Waals surface area contributed by atoms with Gasteiger partial charge in [0.2, 0.25) is 15.8 Å². The Morgan fingerprint density at radius 3 is 2.64 bits per heavy atom. The second-order valence-electron chi connectivity index (χ2n) is 7.78. The van der Waals surface area contributed by atoms with Crippen LogP contribution in [0.1, 0.15) is 44.0 Å². The van der Waals surface area contributed by atoms with Crippen LogP contribution in [-0.4, -0.2) is 25.4 Å². The Morgan fingerprint density at radius 2 is 1.96 bits per heavy atom. The van der Waals surface area contributed by atoms with E-state index in [2.05, 4.69) is 49.5 Å². The van der Waals surface area contributed by atoms with E-state index in [1.165, 1.54) is 0 Å². The number of rotatable bonds is 5. The van der Waals surface area contributed by atoms with Gasteiger partial charge in [-0.2, -0.15) is 0 Å². The highest BCUT2D eigenvalue weighted by Gasteiger charge is 2.31. The van der Waals surface area contributed by atoms with E-state index in [0.29, 0.717) is 6.79 Å². The molecular weight excluding hydrogens is 332 g/mol. The molecule has 1 radical (unpaired) electrons. The quantitative estimate of drug-likeness (QED) is 0.746. The van der Waals surface area contributed by atoms with Crippen LogP contribution < -0.4 is 9.47 Å². The molecular formula is C19H27N2O3Si. The molecule has 1 unspecified atom stereocenters. The normalized spacial score (nSPS) is 15.0. The lowest BCUT2D eigenvalue weighted by molar-refractivity contribution is 0.0794. The summed E-state index contributed by atoms with van der Waals surface area (Å²) in [5.74, 6) is 2.62. The molecule has 2 aromatic rings. The number of hydrogen-bond donors (Lipinski definition) is 0. The fourth-order valence-corrected chi connectivity index (χ4v) is 3.98. The first-order valence-corrected chi connectivity index (χ1v) is 11.0. The van der Waals surface area contributed by atoms with Gasteiger partial charge in [-0.3, -0.25) is 0 Å². The van der Waals surface area contributed by atoms with Crippen LogP contribution in [0.2, 0.25) is 13.1 Å². The average molecular weight is 360 g/mol. The van der Waals surface area contributed by atoms with E-state index in [-0.39, 0.29) is 11.5 Å². The maximum atomic E-state index is 6.36. The van der Waals surface area contributed by atoms with Gasteiger partial charge in [-0.1, -0.05) is 26.8 Å². The Kier molecular flexibility index (Phi) is 4.93. The van der Waals surface area contributed by atoms with Gasteiger partial charge in [0.25, 0.3) is 0 Å². The molecule has 0 saturated carbocycles. The topological polar surface area (TPSA) is 45.5 Å². The molecule has 0 fully saturated rings. The second kappa shape index (κ2) is 6.84. The van der Waals surface area contributed by atoms with E-state index in [9.17, 15) is 0 Å². The third-order valence-electron chi connectivity index (χ3n) is 4.27. The smallest absolute Gasteiger partial charge is 0.231 e. The van der Waals surface area contributed by atoms with Crippen molar-refractivity contribution in [2.75, 3.05) is 6.79 Å². The largest absolute Gasteiger partial charge is 0.454 e. The highest BCUT2D eigenvalue weighted by atomic mass is 28.3. The molecule has 5 nitrogen and oxygen atoms in total. The summed E-state index contributed by atoms with van der Waals surface area (Å²) in [5, 5.41) is 0. The van der Waals surface area contributed by atoms with Gasteiger partial charge in [0.1, 0.15) is 5.82 Å². The zero-order valence-corrected chi connectivity index (χ0v) is 16.9. The van der Waals surface area contributed by atoms with Crippen LogP contribution >= 0.6 is 0 Å². The monoisotopic (exact) mass is 359 g/mol. The fraction of sp³-hybridized carbons (Fsp3) is 0.526. The first kappa shape index (κ1) is 18.0. The minimum absolute atomic E-state index is 0.00104. The summed E-state index contributed by atoms with van der Waals surface area (Å²) in [6.45, 7) is 14.1. The maximum absolute atomic E-state index is 6.36. The Morgan fingerprint density at radius 1 is 1.24 bits per heavy atom. The number of ether oxygens (including phenoxy) is 2. The molecule has 6 heteroatoms. The van der Waals surface area contributed by atoms with Crippen LogP contribution in [0.3, 0.4) is 0 Å². The lowest BCUT2D eigenvalue weighted by atomic mass is 9.87. The molecule has 0 bridgehead atoms. The van der Waals surface area contributed by atoms with E-state index in [4.69, 9.17) is 13.9 Å². The second-order valence-corrected chi connectivity index (χ2v) is 9.83. The van der Waals surface area contributed by atoms with Gasteiger partial charge in [-0.25, -0.2) is 4.98 Å². The van der Waals surface area contributed by atoms with E-state index < -0.39 is 9.04 Å². The SMILES string of the molecule is Cc1ncc(C(O[Si](C)C)C(C)(C)C)n1Cc1ccc2c(c1)OCO2. The lowest BCUT2D eigenvalue weighted by Gasteiger charge is -2.33. The molecule has 0 amide bonds. The summed E-state index contributed by atoms with van der Waals surface area (Å²) in [7, 11) is -0.828. The Bertz CT molecular complexity index is 750. The number of aryl methyl sites for hydroxylation is 1. The minimum atomic E-state index is -0.828. The predicted molar refractivity (Wildman–Crippen MR) is 99.4 cm³/mol. The molecule has 25 heavy (non-hydrogen) atoms. The van der Waals surface area contributed by atoms with E-state index in [1.54, 1.807) is 0 Å². The van der Waals surface area contributed by atoms with Crippen LogP contribution in [0.4, 0.5) is 0 Å². The Labute approximate surface area is 151 Å². The summed E-state index contributed by atoms with van der Waals surface area (Å²) in [4.78, 5) is 4.57. The molecule has 1 aromatic carbocycles. The Balaban J connectivity index is 1.93. The number of hydrogen-bond acceptors (Lipinski definition) is 4. The molecule has 0 spiro atoms. The standard InChI is InChI=1S/C19H27N2O3Si/c1-13-20-10-15(18(19(2,3)4)24-25(5)6)21(13)11-14-7-8-16-17(9-14)23-12-22-16/h7-10,18H,11-12H2,1-6H3. The number of fused-ring (bicyclic) bond motifs is 1. The van der Waals surface area contributed by atoms with Crippen molar-refractivity contribution in [3.63, 3.8) is 0 Å². The zero-order valence-electron chi connectivity index (χ0n) is 15.9. The molecule has 1 aliphatic rings. The van der Waals surface area contributed by atoms with Crippen LogP contribution in [0.25, 0.3) is 0 Å². The van der Waals surface area contributed by atoms with E-state index in [1.807, 2.05) is 25.3 Å². The molecule has 1 aromatic heterocycles. The van der Waals surface area contributed by atoms with Crippen LogP contribution in [0, 0.1) is 12.3 Å². The van der Waals surface area contributed by atoms with Gasteiger partial charge in [-0.15, -0.1) is 0 Å². The number of imidazole rings is 1. The summed E-state index contributed by atoms with van der Waals surface area (Å²) < 4.78 is 19.5. The van der Waals surface area contributed by atoms with Gasteiger partial charge in [0.05, 0.1) is 18.0 Å². The highest BCUT2D eigenvalue weighted by Crippen LogP contribution is 2.38. The number of nitrogens with zero attached hydrogens (tertiary/aromatic N) is 2. The van der Waals surface area contributed by atoms with Crippen molar-refractivity contribution in [3.8, 4) is 11.5 Å². The molecule has 2 heterocycles. The average Bonchev–Trinajstić information content (AvgIpc) is 3.11. The number of benzene rings is 1.